The van der Waals surface area contributed by atoms with E-state index >= 15 is 0 Å². The first-order chi connectivity index (χ1) is 9.44. The molecule has 0 bridgehead atoms. The molecule has 110 valence electrons. The number of fused-ring (bicyclic) bond motifs is 3. The van der Waals surface area contributed by atoms with Crippen molar-refractivity contribution in [1.82, 2.24) is 4.90 Å². The van der Waals surface area contributed by atoms with E-state index in [4.69, 9.17) is 9.47 Å². The summed E-state index contributed by atoms with van der Waals surface area (Å²) in [5, 5.41) is 0. The summed E-state index contributed by atoms with van der Waals surface area (Å²) in [5.41, 5.74) is -0.440. The number of ether oxygens (including phenoxy) is 2. The van der Waals surface area contributed by atoms with Crippen molar-refractivity contribution in [2.75, 3.05) is 13.1 Å². The van der Waals surface area contributed by atoms with Gasteiger partial charge in [-0.1, -0.05) is 12.2 Å². The standard InChI is InChI=1S/C16H23NO3/c1-16(2,3)20-15(18)17-9-8-12-11-6-4-5-7-13(11)19-14(12)10-17/h4-5,7,11-12,14H,6,8-10H2,1-3H3. The molecule has 0 radical (unpaired) electrons. The van der Waals surface area contributed by atoms with Crippen LogP contribution >= 0.6 is 0 Å². The van der Waals surface area contributed by atoms with Gasteiger partial charge < -0.3 is 14.4 Å². The topological polar surface area (TPSA) is 38.8 Å². The van der Waals surface area contributed by atoms with Crippen LogP contribution in [-0.2, 0) is 9.47 Å². The van der Waals surface area contributed by atoms with E-state index in [9.17, 15) is 4.79 Å². The summed E-state index contributed by atoms with van der Waals surface area (Å²) in [6.07, 6.45) is 8.33. The van der Waals surface area contributed by atoms with Crippen LogP contribution in [0.3, 0.4) is 0 Å². The van der Waals surface area contributed by atoms with Crippen molar-refractivity contribution in [3.63, 3.8) is 0 Å². The van der Waals surface area contributed by atoms with Gasteiger partial charge in [-0.15, -0.1) is 0 Å². The fourth-order valence-corrected chi connectivity index (χ4v) is 3.33. The number of allylic oxidation sites excluding steroid dienone is 4. The van der Waals surface area contributed by atoms with E-state index in [1.54, 1.807) is 4.90 Å². The first kappa shape index (κ1) is 13.5. The number of rotatable bonds is 0. The summed E-state index contributed by atoms with van der Waals surface area (Å²) in [6, 6.07) is 0. The Hall–Kier alpha value is -1.45. The number of piperidine rings is 1. The molecule has 2 heterocycles. The van der Waals surface area contributed by atoms with Crippen LogP contribution in [0.4, 0.5) is 4.79 Å². The van der Waals surface area contributed by atoms with Crippen LogP contribution in [-0.4, -0.2) is 35.8 Å². The first-order valence-electron chi connectivity index (χ1n) is 7.45. The molecule has 0 aromatic heterocycles. The third-order valence-electron chi connectivity index (χ3n) is 4.22. The van der Waals surface area contributed by atoms with Gasteiger partial charge in [0, 0.05) is 18.4 Å². The number of carbonyl (C=O) groups is 1. The predicted molar refractivity (Wildman–Crippen MR) is 76.1 cm³/mol. The third-order valence-corrected chi connectivity index (χ3v) is 4.22. The number of amides is 1. The lowest BCUT2D eigenvalue weighted by molar-refractivity contribution is -0.00366. The third kappa shape index (κ3) is 2.56. The minimum absolute atomic E-state index is 0.132. The molecule has 3 unspecified atom stereocenters. The van der Waals surface area contributed by atoms with Gasteiger partial charge in [-0.05, 0) is 39.7 Å². The van der Waals surface area contributed by atoms with Gasteiger partial charge in [-0.25, -0.2) is 4.79 Å². The van der Waals surface area contributed by atoms with Gasteiger partial charge in [0.25, 0.3) is 0 Å². The highest BCUT2D eigenvalue weighted by Gasteiger charge is 2.45. The summed E-state index contributed by atoms with van der Waals surface area (Å²) >= 11 is 0. The van der Waals surface area contributed by atoms with Crippen LogP contribution in [0, 0.1) is 11.8 Å². The maximum atomic E-state index is 12.1. The minimum Gasteiger partial charge on any atom is -0.492 e. The molecule has 0 saturated carbocycles. The van der Waals surface area contributed by atoms with Crippen molar-refractivity contribution >= 4 is 6.09 Å². The molecule has 3 rings (SSSR count). The van der Waals surface area contributed by atoms with Crippen LogP contribution in [0.5, 0.6) is 0 Å². The van der Waals surface area contributed by atoms with Crippen molar-refractivity contribution in [3.05, 3.63) is 24.0 Å². The lowest BCUT2D eigenvalue weighted by atomic mass is 9.81. The van der Waals surface area contributed by atoms with Gasteiger partial charge in [-0.2, -0.15) is 0 Å². The van der Waals surface area contributed by atoms with E-state index in [0.29, 0.717) is 18.4 Å². The fourth-order valence-electron chi connectivity index (χ4n) is 3.33. The van der Waals surface area contributed by atoms with E-state index in [0.717, 1.165) is 25.1 Å². The van der Waals surface area contributed by atoms with Gasteiger partial charge in [0.2, 0.25) is 0 Å². The zero-order chi connectivity index (χ0) is 14.3. The molecule has 2 saturated heterocycles. The molecule has 3 aliphatic rings. The highest BCUT2D eigenvalue weighted by Crippen LogP contribution is 2.43. The van der Waals surface area contributed by atoms with Crippen molar-refractivity contribution in [3.8, 4) is 0 Å². The Bertz CT molecular complexity index is 461. The Morgan fingerprint density at radius 3 is 3.00 bits per heavy atom. The molecule has 3 atom stereocenters. The van der Waals surface area contributed by atoms with Gasteiger partial charge >= 0.3 is 6.09 Å². The Morgan fingerprint density at radius 1 is 1.45 bits per heavy atom. The Morgan fingerprint density at radius 2 is 2.25 bits per heavy atom. The van der Waals surface area contributed by atoms with Gasteiger partial charge in [-0.3, -0.25) is 0 Å². The minimum atomic E-state index is -0.440. The van der Waals surface area contributed by atoms with E-state index in [-0.39, 0.29) is 12.2 Å². The van der Waals surface area contributed by atoms with Crippen LogP contribution in [0.1, 0.15) is 33.6 Å². The SMILES string of the molecule is CC(C)(C)OC(=O)N1CCC2C(C1)OC1=CC=CCC12. The molecule has 0 aromatic rings. The second-order valence-corrected chi connectivity index (χ2v) is 6.87. The maximum Gasteiger partial charge on any atom is 0.410 e. The summed E-state index contributed by atoms with van der Waals surface area (Å²) in [7, 11) is 0. The largest absolute Gasteiger partial charge is 0.492 e. The Labute approximate surface area is 120 Å². The molecular formula is C16H23NO3. The van der Waals surface area contributed by atoms with Crippen LogP contribution < -0.4 is 0 Å². The van der Waals surface area contributed by atoms with Crippen LogP contribution in [0.2, 0.25) is 0 Å². The first-order valence-corrected chi connectivity index (χ1v) is 7.45. The molecule has 4 heteroatoms. The van der Waals surface area contributed by atoms with E-state index in [2.05, 4.69) is 18.2 Å². The molecule has 1 aliphatic carbocycles. The van der Waals surface area contributed by atoms with E-state index in [1.165, 1.54) is 0 Å². The average Bonchev–Trinajstić information content (AvgIpc) is 2.74. The molecule has 2 fully saturated rings. The highest BCUT2D eigenvalue weighted by molar-refractivity contribution is 5.68. The van der Waals surface area contributed by atoms with Crippen molar-refractivity contribution < 1.29 is 14.3 Å². The smallest absolute Gasteiger partial charge is 0.410 e. The molecular weight excluding hydrogens is 254 g/mol. The maximum absolute atomic E-state index is 12.1. The molecule has 0 aromatic carbocycles. The molecule has 20 heavy (non-hydrogen) atoms. The zero-order valence-corrected chi connectivity index (χ0v) is 12.5. The average molecular weight is 277 g/mol. The molecule has 4 nitrogen and oxygen atoms in total. The Balaban J connectivity index is 1.64. The summed E-state index contributed by atoms with van der Waals surface area (Å²) < 4.78 is 11.5. The lowest BCUT2D eigenvalue weighted by Gasteiger charge is -2.35. The number of hydrogen-bond acceptors (Lipinski definition) is 3. The van der Waals surface area contributed by atoms with E-state index in [1.807, 2.05) is 20.8 Å². The van der Waals surface area contributed by atoms with Crippen LogP contribution in [0.25, 0.3) is 0 Å². The molecule has 2 aliphatic heterocycles. The summed E-state index contributed by atoms with van der Waals surface area (Å²) in [4.78, 5) is 13.9. The summed E-state index contributed by atoms with van der Waals surface area (Å²) in [6.45, 7) is 7.11. The normalized spacial score (nSPS) is 32.0. The second-order valence-electron chi connectivity index (χ2n) is 6.87. The van der Waals surface area contributed by atoms with Crippen molar-refractivity contribution in [1.29, 1.82) is 0 Å². The molecule has 1 amide bonds. The van der Waals surface area contributed by atoms with Crippen molar-refractivity contribution in [2.24, 2.45) is 11.8 Å². The van der Waals surface area contributed by atoms with Gasteiger partial charge in [0.1, 0.15) is 17.5 Å². The zero-order valence-electron chi connectivity index (χ0n) is 12.5. The number of nitrogens with zero attached hydrogens (tertiary/aromatic N) is 1. The number of likely N-dealkylation sites (tertiary alicyclic amines) is 1. The lowest BCUT2D eigenvalue weighted by Crippen LogP contribution is -2.47. The monoisotopic (exact) mass is 277 g/mol. The quantitative estimate of drug-likeness (QED) is 0.683. The summed E-state index contributed by atoms with van der Waals surface area (Å²) in [5.74, 6) is 2.17. The molecule has 0 spiro atoms. The highest BCUT2D eigenvalue weighted by atomic mass is 16.6. The van der Waals surface area contributed by atoms with Crippen LogP contribution in [0.15, 0.2) is 24.0 Å². The number of carbonyl (C=O) groups excluding carboxylic acids is 1. The fraction of sp³-hybridized carbons (Fsp3) is 0.688. The second kappa shape index (κ2) is 4.83. The van der Waals surface area contributed by atoms with Crippen molar-refractivity contribution in [2.45, 2.75) is 45.3 Å². The number of hydrogen-bond donors (Lipinski definition) is 0. The van der Waals surface area contributed by atoms with Gasteiger partial charge in [0.05, 0.1) is 6.54 Å². The van der Waals surface area contributed by atoms with Gasteiger partial charge in [0.15, 0.2) is 0 Å². The predicted octanol–water partition coefficient (Wildman–Crippen LogP) is 3.10. The Kier molecular flexibility index (Phi) is 3.27. The molecule has 0 N–H and O–H groups in total. The van der Waals surface area contributed by atoms with E-state index < -0.39 is 5.60 Å².